The molecule has 0 saturated heterocycles. The number of nitrogens with zero attached hydrogens (tertiary/aromatic N) is 1. The van der Waals surface area contributed by atoms with E-state index in [-0.39, 0.29) is 27.1 Å². The molecule has 28 heavy (non-hydrogen) atoms. The third-order valence-corrected chi connectivity index (χ3v) is 6.60. The number of rotatable bonds is 5. The van der Waals surface area contributed by atoms with Crippen molar-refractivity contribution in [2.45, 2.75) is 31.7 Å². The predicted molar refractivity (Wildman–Crippen MR) is 110 cm³/mol. The summed E-state index contributed by atoms with van der Waals surface area (Å²) in [6.07, 6.45) is 0. The Kier molecular flexibility index (Phi) is 5.31. The number of hydrogen-bond acceptors (Lipinski definition) is 6. The molecule has 2 aromatic carbocycles. The number of aromatic nitrogens is 1. The van der Waals surface area contributed by atoms with Gasteiger partial charge in [-0.15, -0.1) is 0 Å². The number of carbonyl (C=O) groups is 1. The molecule has 0 unspecified atom stereocenters. The predicted octanol–water partition coefficient (Wildman–Crippen LogP) is 3.54. The molecular weight excluding hydrogens is 400 g/mol. The van der Waals surface area contributed by atoms with Gasteiger partial charge >= 0.3 is 10.8 Å². The third kappa shape index (κ3) is 3.67. The van der Waals surface area contributed by atoms with E-state index in [4.69, 9.17) is 0 Å². The lowest BCUT2D eigenvalue weighted by Crippen LogP contribution is -2.15. The average Bonchev–Trinajstić information content (AvgIpc) is 2.97. The highest BCUT2D eigenvalue weighted by molar-refractivity contribution is 7.92. The van der Waals surface area contributed by atoms with Crippen LogP contribution in [0.4, 0.5) is 5.69 Å². The van der Waals surface area contributed by atoms with Crippen molar-refractivity contribution in [3.05, 3.63) is 57.2 Å². The van der Waals surface area contributed by atoms with Gasteiger partial charge in [-0.1, -0.05) is 17.4 Å². The molecule has 1 N–H and O–H groups in total. The highest BCUT2D eigenvalue weighted by Crippen LogP contribution is 2.26. The van der Waals surface area contributed by atoms with Crippen molar-refractivity contribution >= 4 is 43.2 Å². The first kappa shape index (κ1) is 20.1. The maximum Gasteiger partial charge on any atom is 0.337 e. The van der Waals surface area contributed by atoms with Crippen LogP contribution in [0.1, 0.15) is 35.8 Å². The summed E-state index contributed by atoms with van der Waals surface area (Å²) in [7, 11) is -2.65. The number of nitrogens with one attached hydrogen (secondary N) is 1. The van der Waals surface area contributed by atoms with E-state index in [1.54, 1.807) is 29.7 Å². The van der Waals surface area contributed by atoms with Gasteiger partial charge in [0.2, 0.25) is 0 Å². The number of anilines is 1. The molecule has 1 aromatic heterocycles. The number of methoxy groups -OCH3 is 1. The van der Waals surface area contributed by atoms with Crippen LogP contribution >= 0.6 is 11.3 Å². The first-order chi connectivity index (χ1) is 13.1. The van der Waals surface area contributed by atoms with E-state index in [2.05, 4.69) is 9.46 Å². The number of esters is 1. The Balaban J connectivity index is 2.02. The van der Waals surface area contributed by atoms with Gasteiger partial charge in [0.05, 0.1) is 33.5 Å². The van der Waals surface area contributed by atoms with E-state index in [1.807, 2.05) is 13.8 Å². The van der Waals surface area contributed by atoms with Crippen LogP contribution in [0.15, 0.2) is 46.1 Å². The van der Waals surface area contributed by atoms with Gasteiger partial charge in [-0.05, 0) is 56.7 Å². The molecule has 0 saturated carbocycles. The zero-order chi connectivity index (χ0) is 20.6. The lowest BCUT2D eigenvalue weighted by molar-refractivity contribution is 0.0601. The Labute approximate surface area is 166 Å². The van der Waals surface area contributed by atoms with Crippen LogP contribution in [0.25, 0.3) is 10.2 Å². The van der Waals surface area contributed by atoms with E-state index in [0.29, 0.717) is 15.8 Å². The van der Waals surface area contributed by atoms with E-state index in [0.717, 1.165) is 11.3 Å². The molecule has 0 spiro atoms. The van der Waals surface area contributed by atoms with Crippen LogP contribution in [-0.4, -0.2) is 26.1 Å². The molecule has 3 aromatic rings. The second kappa shape index (κ2) is 7.40. The minimum Gasteiger partial charge on any atom is -0.465 e. The fraction of sp³-hybridized carbons (Fsp3) is 0.263. The normalized spacial score (nSPS) is 11.8. The van der Waals surface area contributed by atoms with Crippen molar-refractivity contribution in [1.29, 1.82) is 0 Å². The van der Waals surface area contributed by atoms with Gasteiger partial charge in [-0.3, -0.25) is 14.1 Å². The molecule has 0 radical (unpaired) electrons. The molecule has 0 atom stereocenters. The maximum absolute atomic E-state index is 12.9. The summed E-state index contributed by atoms with van der Waals surface area (Å²) in [4.78, 5) is 23.8. The standard InChI is InChI=1S/C19H20N2O5S2/c1-11(2)21-16-8-7-14(10-17(16)27-19(21)23)28(24,25)20-15-9-13(18(22)26-4)6-5-12(15)3/h5-11,20H,1-4H3. The summed E-state index contributed by atoms with van der Waals surface area (Å²) >= 11 is 1.01. The van der Waals surface area contributed by atoms with Crippen LogP contribution < -0.4 is 9.60 Å². The van der Waals surface area contributed by atoms with Crippen molar-refractivity contribution in [3.63, 3.8) is 0 Å². The number of benzene rings is 2. The summed E-state index contributed by atoms with van der Waals surface area (Å²) in [5.74, 6) is -0.554. The van der Waals surface area contributed by atoms with E-state index >= 15 is 0 Å². The Morgan fingerprint density at radius 3 is 2.54 bits per heavy atom. The Bertz CT molecular complexity index is 1220. The molecule has 9 heteroatoms. The molecule has 0 aliphatic carbocycles. The first-order valence-electron chi connectivity index (χ1n) is 8.51. The Morgan fingerprint density at radius 2 is 1.89 bits per heavy atom. The summed E-state index contributed by atoms with van der Waals surface area (Å²) in [5, 5.41) is 0. The second-order valence-electron chi connectivity index (χ2n) is 6.59. The number of ether oxygens (including phenoxy) is 1. The summed E-state index contributed by atoms with van der Waals surface area (Å²) in [5.41, 5.74) is 1.89. The van der Waals surface area contributed by atoms with Crippen molar-refractivity contribution < 1.29 is 17.9 Å². The van der Waals surface area contributed by atoms with E-state index in [1.165, 1.54) is 25.3 Å². The largest absolute Gasteiger partial charge is 0.465 e. The van der Waals surface area contributed by atoms with Gasteiger partial charge < -0.3 is 4.74 Å². The van der Waals surface area contributed by atoms with E-state index < -0.39 is 16.0 Å². The monoisotopic (exact) mass is 420 g/mol. The zero-order valence-corrected chi connectivity index (χ0v) is 17.5. The van der Waals surface area contributed by atoms with Crippen LogP contribution in [0.3, 0.4) is 0 Å². The van der Waals surface area contributed by atoms with Crippen LogP contribution in [-0.2, 0) is 14.8 Å². The smallest absolute Gasteiger partial charge is 0.337 e. The van der Waals surface area contributed by atoms with Gasteiger partial charge in [0.25, 0.3) is 10.0 Å². The SMILES string of the molecule is COC(=O)c1ccc(C)c(NS(=O)(=O)c2ccc3c(c2)sc(=O)n3C(C)C)c1. The van der Waals surface area contributed by atoms with E-state index in [9.17, 15) is 18.0 Å². The van der Waals surface area contributed by atoms with Crippen LogP contribution in [0.5, 0.6) is 0 Å². The molecule has 0 amide bonds. The number of sulfonamides is 1. The molecule has 0 aliphatic rings. The number of aryl methyl sites for hydroxylation is 1. The zero-order valence-electron chi connectivity index (χ0n) is 15.8. The second-order valence-corrected chi connectivity index (χ2v) is 9.26. The van der Waals surface area contributed by atoms with Crippen molar-refractivity contribution in [2.75, 3.05) is 11.8 Å². The number of hydrogen-bond donors (Lipinski definition) is 1. The van der Waals surface area contributed by atoms with Crippen molar-refractivity contribution in [3.8, 4) is 0 Å². The fourth-order valence-electron chi connectivity index (χ4n) is 2.85. The molecule has 148 valence electrons. The molecular formula is C19H20N2O5S2. The average molecular weight is 421 g/mol. The number of fused-ring (bicyclic) bond motifs is 1. The van der Waals surface area contributed by atoms with Crippen LogP contribution in [0, 0.1) is 6.92 Å². The Morgan fingerprint density at radius 1 is 1.18 bits per heavy atom. The molecule has 0 bridgehead atoms. The summed E-state index contributed by atoms with van der Waals surface area (Å²) < 4.78 is 35.2. The van der Waals surface area contributed by atoms with Gasteiger partial charge in [0, 0.05) is 6.04 Å². The molecule has 0 fully saturated rings. The van der Waals surface area contributed by atoms with Gasteiger partial charge in [0.15, 0.2) is 0 Å². The number of carbonyl (C=O) groups excluding carboxylic acids is 1. The fourth-order valence-corrected chi connectivity index (χ4v) is 5.13. The third-order valence-electron chi connectivity index (χ3n) is 4.31. The highest BCUT2D eigenvalue weighted by Gasteiger charge is 2.19. The van der Waals surface area contributed by atoms with Crippen molar-refractivity contribution in [2.24, 2.45) is 0 Å². The lowest BCUT2D eigenvalue weighted by atomic mass is 10.1. The van der Waals surface area contributed by atoms with Gasteiger partial charge in [-0.25, -0.2) is 13.2 Å². The van der Waals surface area contributed by atoms with Gasteiger partial charge in [-0.2, -0.15) is 0 Å². The molecule has 7 nitrogen and oxygen atoms in total. The quantitative estimate of drug-likeness (QED) is 0.637. The molecule has 3 rings (SSSR count). The first-order valence-corrected chi connectivity index (χ1v) is 10.8. The van der Waals surface area contributed by atoms with Gasteiger partial charge in [0.1, 0.15) is 0 Å². The minimum absolute atomic E-state index is 0.0226. The van der Waals surface area contributed by atoms with Crippen LogP contribution in [0.2, 0.25) is 0 Å². The molecule has 1 heterocycles. The summed E-state index contributed by atoms with van der Waals surface area (Å²) in [6.45, 7) is 5.53. The summed E-state index contributed by atoms with van der Waals surface area (Å²) in [6, 6.07) is 9.21. The topological polar surface area (TPSA) is 94.5 Å². The minimum atomic E-state index is -3.91. The highest BCUT2D eigenvalue weighted by atomic mass is 32.2. The lowest BCUT2D eigenvalue weighted by Gasteiger charge is -2.12. The molecule has 0 aliphatic heterocycles. The number of thiazole rings is 1. The van der Waals surface area contributed by atoms with Crippen molar-refractivity contribution in [1.82, 2.24) is 4.57 Å². The maximum atomic E-state index is 12.9. The Hall–Kier alpha value is -2.65.